The lowest BCUT2D eigenvalue weighted by molar-refractivity contribution is 0.120. The van der Waals surface area contributed by atoms with Crippen molar-refractivity contribution in [1.82, 2.24) is 9.88 Å². The van der Waals surface area contributed by atoms with Gasteiger partial charge in [0.05, 0.1) is 6.61 Å². The quantitative estimate of drug-likeness (QED) is 0.684. The van der Waals surface area contributed by atoms with Crippen molar-refractivity contribution in [3.8, 4) is 0 Å². The highest BCUT2D eigenvalue weighted by Crippen LogP contribution is 2.08. The van der Waals surface area contributed by atoms with Crippen LogP contribution < -0.4 is 5.32 Å². The first-order valence-electron chi connectivity index (χ1n) is 6.71. The molecule has 0 radical (unpaired) electrons. The van der Waals surface area contributed by atoms with Gasteiger partial charge in [0, 0.05) is 32.4 Å². The predicted octanol–water partition coefficient (Wildman–Crippen LogP) is 2.37. The van der Waals surface area contributed by atoms with Crippen molar-refractivity contribution in [3.05, 3.63) is 23.9 Å². The summed E-state index contributed by atoms with van der Waals surface area (Å²) in [7, 11) is 2.11. The number of ether oxygens (including phenoxy) is 1. The van der Waals surface area contributed by atoms with Crippen LogP contribution in [0.25, 0.3) is 0 Å². The molecule has 0 aliphatic carbocycles. The Kier molecular flexibility index (Phi) is 7.37. The molecule has 1 rings (SSSR count). The number of likely N-dealkylation sites (N-methyl/N-ethyl adjacent to an activating group) is 1. The van der Waals surface area contributed by atoms with Gasteiger partial charge in [-0.15, -0.1) is 0 Å². The van der Waals surface area contributed by atoms with Crippen molar-refractivity contribution >= 4 is 5.82 Å². The first-order valence-corrected chi connectivity index (χ1v) is 6.71. The Morgan fingerprint density at radius 1 is 1.39 bits per heavy atom. The van der Waals surface area contributed by atoms with Gasteiger partial charge in [-0.2, -0.15) is 0 Å². The number of anilines is 1. The molecule has 0 atom stereocenters. The van der Waals surface area contributed by atoms with Crippen LogP contribution in [0.15, 0.2) is 18.3 Å². The number of hydrogen-bond donors (Lipinski definition) is 1. The third-order valence-corrected chi connectivity index (χ3v) is 2.65. The zero-order chi connectivity index (χ0) is 13.2. The summed E-state index contributed by atoms with van der Waals surface area (Å²) in [6.45, 7) is 8.60. The molecular formula is C14H25N3O. The molecule has 1 N–H and O–H groups in total. The summed E-state index contributed by atoms with van der Waals surface area (Å²) < 4.78 is 5.35. The Bertz CT molecular complexity index is 331. The maximum Gasteiger partial charge on any atom is 0.126 e. The van der Waals surface area contributed by atoms with E-state index in [0.717, 1.165) is 45.1 Å². The van der Waals surface area contributed by atoms with Crippen LogP contribution in [0.1, 0.15) is 25.8 Å². The molecule has 18 heavy (non-hydrogen) atoms. The monoisotopic (exact) mass is 251 g/mol. The van der Waals surface area contributed by atoms with Crippen molar-refractivity contribution < 1.29 is 4.74 Å². The smallest absolute Gasteiger partial charge is 0.126 e. The third-order valence-electron chi connectivity index (χ3n) is 2.65. The van der Waals surface area contributed by atoms with Crippen LogP contribution in [0, 0.1) is 0 Å². The molecule has 4 nitrogen and oxygen atoms in total. The lowest BCUT2D eigenvalue weighted by Gasteiger charge is -2.16. The van der Waals surface area contributed by atoms with Gasteiger partial charge in [-0.1, -0.05) is 6.92 Å². The predicted molar refractivity (Wildman–Crippen MR) is 75.8 cm³/mol. The summed E-state index contributed by atoms with van der Waals surface area (Å²) in [5.74, 6) is 0.965. The maximum absolute atomic E-state index is 5.35. The van der Waals surface area contributed by atoms with Crippen molar-refractivity contribution in [2.75, 3.05) is 38.7 Å². The molecule has 0 bridgehead atoms. The van der Waals surface area contributed by atoms with E-state index in [2.05, 4.69) is 41.3 Å². The highest BCUT2D eigenvalue weighted by molar-refractivity contribution is 5.37. The average molecular weight is 251 g/mol. The van der Waals surface area contributed by atoms with Gasteiger partial charge in [-0.3, -0.25) is 4.90 Å². The van der Waals surface area contributed by atoms with Crippen LogP contribution in [-0.4, -0.2) is 43.2 Å². The number of hydrogen-bond acceptors (Lipinski definition) is 4. The molecule has 0 fully saturated rings. The maximum atomic E-state index is 5.35. The van der Waals surface area contributed by atoms with Crippen LogP contribution in [-0.2, 0) is 11.3 Å². The van der Waals surface area contributed by atoms with Crippen molar-refractivity contribution in [2.24, 2.45) is 0 Å². The lowest BCUT2D eigenvalue weighted by atomic mass is 10.2. The molecular weight excluding hydrogens is 226 g/mol. The Balaban J connectivity index is 2.40. The second-order valence-electron chi connectivity index (χ2n) is 4.41. The van der Waals surface area contributed by atoms with Crippen LogP contribution in [0.4, 0.5) is 5.82 Å². The zero-order valence-electron chi connectivity index (χ0n) is 11.8. The van der Waals surface area contributed by atoms with Crippen LogP contribution in [0.5, 0.6) is 0 Å². The molecule has 102 valence electrons. The van der Waals surface area contributed by atoms with Crippen LogP contribution in [0.2, 0.25) is 0 Å². The summed E-state index contributed by atoms with van der Waals surface area (Å²) in [5, 5.41) is 3.31. The van der Waals surface area contributed by atoms with E-state index in [1.54, 1.807) is 0 Å². The van der Waals surface area contributed by atoms with Gasteiger partial charge in [-0.25, -0.2) is 4.98 Å². The Hall–Kier alpha value is -1.13. The van der Waals surface area contributed by atoms with Gasteiger partial charge in [-0.05, 0) is 38.1 Å². The van der Waals surface area contributed by atoms with E-state index >= 15 is 0 Å². The second-order valence-corrected chi connectivity index (χ2v) is 4.41. The number of nitrogens with one attached hydrogen (secondary N) is 1. The molecule has 1 aromatic heterocycles. The van der Waals surface area contributed by atoms with Gasteiger partial charge in [0.2, 0.25) is 0 Å². The summed E-state index contributed by atoms with van der Waals surface area (Å²) in [5.41, 5.74) is 1.28. The average Bonchev–Trinajstić information content (AvgIpc) is 2.37. The van der Waals surface area contributed by atoms with Gasteiger partial charge >= 0.3 is 0 Å². The molecule has 0 aliphatic rings. The fourth-order valence-electron chi connectivity index (χ4n) is 1.68. The second kappa shape index (κ2) is 8.89. The Labute approximate surface area is 110 Å². The SMILES string of the molecule is CCCNc1cc(CN(C)CCOCC)ccn1. The largest absolute Gasteiger partial charge is 0.380 e. The van der Waals surface area contributed by atoms with Crippen molar-refractivity contribution in [3.63, 3.8) is 0 Å². The summed E-state index contributed by atoms with van der Waals surface area (Å²) >= 11 is 0. The normalized spacial score (nSPS) is 10.9. The van der Waals surface area contributed by atoms with E-state index in [4.69, 9.17) is 4.74 Å². The highest BCUT2D eigenvalue weighted by atomic mass is 16.5. The number of aromatic nitrogens is 1. The van der Waals surface area contributed by atoms with Crippen LogP contribution >= 0.6 is 0 Å². The lowest BCUT2D eigenvalue weighted by Crippen LogP contribution is -2.22. The Morgan fingerprint density at radius 2 is 2.22 bits per heavy atom. The molecule has 0 unspecified atom stereocenters. The topological polar surface area (TPSA) is 37.4 Å². The molecule has 1 heterocycles. The van der Waals surface area contributed by atoms with E-state index in [9.17, 15) is 0 Å². The molecule has 0 amide bonds. The molecule has 0 aliphatic heterocycles. The number of nitrogens with zero attached hydrogens (tertiary/aromatic N) is 2. The minimum absolute atomic E-state index is 0.786. The minimum atomic E-state index is 0.786. The molecule has 0 saturated carbocycles. The first-order chi connectivity index (χ1) is 8.76. The number of rotatable bonds is 9. The van der Waals surface area contributed by atoms with Gasteiger partial charge < -0.3 is 10.1 Å². The zero-order valence-corrected chi connectivity index (χ0v) is 11.8. The van der Waals surface area contributed by atoms with Gasteiger partial charge in [0.25, 0.3) is 0 Å². The minimum Gasteiger partial charge on any atom is -0.380 e. The molecule has 1 aromatic rings. The van der Waals surface area contributed by atoms with E-state index in [1.807, 2.05) is 13.1 Å². The summed E-state index contributed by atoms with van der Waals surface area (Å²) in [6.07, 6.45) is 2.98. The Morgan fingerprint density at radius 3 is 2.94 bits per heavy atom. The molecule has 4 heteroatoms. The first kappa shape index (κ1) is 14.9. The third kappa shape index (κ3) is 5.98. The van der Waals surface area contributed by atoms with E-state index in [-0.39, 0.29) is 0 Å². The molecule has 0 spiro atoms. The highest BCUT2D eigenvalue weighted by Gasteiger charge is 2.01. The molecule has 0 saturated heterocycles. The van der Waals surface area contributed by atoms with Crippen LogP contribution in [0.3, 0.4) is 0 Å². The van der Waals surface area contributed by atoms with E-state index < -0.39 is 0 Å². The van der Waals surface area contributed by atoms with Crippen molar-refractivity contribution in [1.29, 1.82) is 0 Å². The van der Waals surface area contributed by atoms with Gasteiger partial charge in [0.15, 0.2) is 0 Å². The van der Waals surface area contributed by atoms with Crippen molar-refractivity contribution in [2.45, 2.75) is 26.8 Å². The summed E-state index contributed by atoms with van der Waals surface area (Å²) in [6, 6.07) is 4.18. The standard InChI is InChI=1S/C14H25N3O/c1-4-7-15-14-11-13(6-8-16-14)12-17(3)9-10-18-5-2/h6,8,11H,4-5,7,9-10,12H2,1-3H3,(H,15,16). The van der Waals surface area contributed by atoms with E-state index in [1.165, 1.54) is 5.56 Å². The van der Waals surface area contributed by atoms with Gasteiger partial charge in [0.1, 0.15) is 5.82 Å². The summed E-state index contributed by atoms with van der Waals surface area (Å²) in [4.78, 5) is 6.56. The fourth-order valence-corrected chi connectivity index (χ4v) is 1.68. The molecule has 0 aromatic carbocycles. The van der Waals surface area contributed by atoms with E-state index in [0.29, 0.717) is 0 Å². The fraction of sp³-hybridized carbons (Fsp3) is 0.643. The number of pyridine rings is 1.